The molecule has 2 unspecified atom stereocenters. The molecule has 0 radical (unpaired) electrons. The number of hydrogen-bond acceptors (Lipinski definition) is 10. The Morgan fingerprint density at radius 2 is 0.735 bits per heavy atom. The first-order valence-corrected chi connectivity index (χ1v) is 28.1. The Morgan fingerprint density at radius 3 is 1.04 bits per heavy atom. The van der Waals surface area contributed by atoms with E-state index in [1.165, 1.54) is 0 Å². The van der Waals surface area contributed by atoms with Crippen LogP contribution in [0, 0.1) is 0 Å². The van der Waals surface area contributed by atoms with Crippen molar-refractivity contribution in [2.45, 2.75) is 259 Å². The van der Waals surface area contributed by atoms with E-state index in [1.54, 1.807) is 0 Å². The van der Waals surface area contributed by atoms with Crippen LogP contribution in [0.1, 0.15) is 234 Å². The van der Waals surface area contributed by atoms with Crippen molar-refractivity contribution in [2.24, 2.45) is 0 Å². The van der Waals surface area contributed by atoms with Crippen molar-refractivity contribution in [3.05, 3.63) is 48.6 Å². The molecule has 2 atom stereocenters. The van der Waals surface area contributed by atoms with E-state index in [1.807, 2.05) is 13.8 Å². The minimum absolute atomic E-state index is 0.107. The third-order valence-corrected chi connectivity index (χ3v) is 11.8. The van der Waals surface area contributed by atoms with Crippen LogP contribution < -0.4 is 0 Å². The Balaban J connectivity index is 4.34. The van der Waals surface area contributed by atoms with Gasteiger partial charge in [0.1, 0.15) is 0 Å². The maximum atomic E-state index is 12.7. The second-order valence-electron chi connectivity index (χ2n) is 18.5. The van der Waals surface area contributed by atoms with Crippen LogP contribution in [0.5, 0.6) is 0 Å². The number of unbranched alkanes of at least 4 members (excludes halogenated alkanes) is 14. The second-order valence-corrected chi connectivity index (χ2v) is 18.5. The van der Waals surface area contributed by atoms with E-state index in [0.29, 0.717) is 58.7 Å². The third kappa shape index (κ3) is 47.3. The van der Waals surface area contributed by atoms with Gasteiger partial charge in [-0.1, -0.05) is 102 Å². The van der Waals surface area contributed by atoms with Crippen molar-refractivity contribution >= 4 is 11.9 Å². The number of carbonyl (C=O) groups is 2. The highest BCUT2D eigenvalue weighted by molar-refractivity contribution is 5.69. The third-order valence-electron chi connectivity index (χ3n) is 11.8. The Hall–Kier alpha value is -2.34. The zero-order valence-corrected chi connectivity index (χ0v) is 45.0. The van der Waals surface area contributed by atoms with Crippen molar-refractivity contribution < 1.29 is 43.1 Å². The lowest BCUT2D eigenvalue weighted by atomic mass is 10.1. The number of aliphatic hydroxyl groups excluding tert-OH is 1. The zero-order chi connectivity index (χ0) is 49.8. The fraction of sp³-hybridized carbons (Fsp3) is 0.828. The molecule has 0 aliphatic heterocycles. The van der Waals surface area contributed by atoms with E-state index in [2.05, 4.69) is 81.2 Å². The lowest BCUT2D eigenvalue weighted by Gasteiger charge is -2.21. The lowest BCUT2D eigenvalue weighted by Crippen LogP contribution is -2.29. The van der Waals surface area contributed by atoms with Gasteiger partial charge in [-0.15, -0.1) is 0 Å². The molecule has 10 heteroatoms. The summed E-state index contributed by atoms with van der Waals surface area (Å²) in [6.45, 7) is 18.0. The molecular weight excluding hydrogens is 855 g/mol. The first-order chi connectivity index (χ1) is 33.3. The molecular formula is C58H107NO9. The van der Waals surface area contributed by atoms with Crippen molar-refractivity contribution in [3.63, 3.8) is 0 Å². The minimum atomic E-state index is -0.374. The Bertz CT molecular complexity index is 1070. The molecule has 0 spiro atoms. The average molecular weight is 962 g/mol. The van der Waals surface area contributed by atoms with Gasteiger partial charge in [-0.2, -0.15) is 0 Å². The van der Waals surface area contributed by atoms with Gasteiger partial charge in [-0.3, -0.25) is 9.59 Å². The first-order valence-electron chi connectivity index (χ1n) is 28.1. The SMILES string of the molecule is CC/C=C\CCCCOC(CCC(=O)OC(C)CCCCCCN(CCO)CCCCCCC(C)OC(=O)CCC(OCCCC/C=C\CC)OCCCC/C=C\CC)OCCCC/C=C\CC. The fourth-order valence-electron chi connectivity index (χ4n) is 7.76. The summed E-state index contributed by atoms with van der Waals surface area (Å²) in [5.41, 5.74) is 0. The number of aliphatic hydroxyl groups is 1. The van der Waals surface area contributed by atoms with Crippen LogP contribution in [0.25, 0.3) is 0 Å². The molecule has 0 amide bonds. The first kappa shape index (κ1) is 65.7. The van der Waals surface area contributed by atoms with Crippen LogP contribution in [0.4, 0.5) is 0 Å². The highest BCUT2D eigenvalue weighted by Gasteiger charge is 2.17. The van der Waals surface area contributed by atoms with Crippen molar-refractivity contribution in [3.8, 4) is 0 Å². The van der Waals surface area contributed by atoms with Crippen LogP contribution in [0.2, 0.25) is 0 Å². The molecule has 1 N–H and O–H groups in total. The summed E-state index contributed by atoms with van der Waals surface area (Å²) in [5, 5.41) is 9.69. The van der Waals surface area contributed by atoms with Gasteiger partial charge < -0.3 is 38.4 Å². The molecule has 0 bridgehead atoms. The quantitative estimate of drug-likeness (QED) is 0.0274. The molecule has 0 fully saturated rings. The summed E-state index contributed by atoms with van der Waals surface area (Å²) in [6, 6.07) is 0. The highest BCUT2D eigenvalue weighted by Crippen LogP contribution is 2.16. The zero-order valence-electron chi connectivity index (χ0n) is 45.0. The Labute approximate surface area is 418 Å². The van der Waals surface area contributed by atoms with Crippen LogP contribution in [0.3, 0.4) is 0 Å². The number of allylic oxidation sites excluding steroid dienone is 8. The Morgan fingerprint density at radius 1 is 0.412 bits per heavy atom. The molecule has 0 aromatic heterocycles. The number of nitrogens with zero attached hydrogens (tertiary/aromatic N) is 1. The molecule has 0 saturated heterocycles. The van der Waals surface area contributed by atoms with Crippen LogP contribution in [-0.4, -0.2) is 99.4 Å². The van der Waals surface area contributed by atoms with Crippen LogP contribution in [0.15, 0.2) is 48.6 Å². The molecule has 398 valence electrons. The molecule has 10 nitrogen and oxygen atoms in total. The summed E-state index contributed by atoms with van der Waals surface area (Å²) in [7, 11) is 0. The second kappa shape index (κ2) is 52.5. The van der Waals surface area contributed by atoms with Crippen molar-refractivity contribution in [1.29, 1.82) is 0 Å². The summed E-state index contributed by atoms with van der Waals surface area (Å²) in [6.07, 6.45) is 45.6. The lowest BCUT2D eigenvalue weighted by molar-refractivity contribution is -0.162. The Kier molecular flexibility index (Phi) is 50.7. The van der Waals surface area contributed by atoms with Gasteiger partial charge in [0.2, 0.25) is 0 Å². The van der Waals surface area contributed by atoms with Gasteiger partial charge in [0, 0.05) is 45.8 Å². The summed E-state index contributed by atoms with van der Waals surface area (Å²) in [4.78, 5) is 27.9. The van der Waals surface area contributed by atoms with Gasteiger partial charge in [0.25, 0.3) is 0 Å². The molecule has 0 aromatic rings. The monoisotopic (exact) mass is 962 g/mol. The van der Waals surface area contributed by atoms with E-state index in [9.17, 15) is 14.7 Å². The smallest absolute Gasteiger partial charge is 0.306 e. The van der Waals surface area contributed by atoms with E-state index >= 15 is 0 Å². The number of carbonyl (C=O) groups excluding carboxylic acids is 2. The van der Waals surface area contributed by atoms with Gasteiger partial charge in [-0.05, 0) is 168 Å². The molecule has 0 aliphatic rings. The van der Waals surface area contributed by atoms with Gasteiger partial charge in [0.15, 0.2) is 12.6 Å². The van der Waals surface area contributed by atoms with E-state index in [0.717, 1.165) is 180 Å². The standard InChI is InChI=1S/C58H107NO9/c1-7-11-15-19-27-35-49-63-57(64-50-36-28-20-16-12-8-2)43-41-55(61)67-53(5)39-31-23-25-33-45-59(47-48-60)46-34-26-24-32-40-54(6)68-56(62)42-44-58(65-51-37-29-21-17-13-9-3)66-52-38-30-22-18-14-10-4/h11-18,53-54,57-58,60H,7-10,19-52H2,1-6H3/b15-11-,16-12-,17-13-,18-14-. The molecule has 0 aliphatic carbocycles. The van der Waals surface area contributed by atoms with Crippen LogP contribution in [-0.2, 0) is 38.0 Å². The maximum absolute atomic E-state index is 12.7. The number of esters is 2. The van der Waals surface area contributed by atoms with Gasteiger partial charge >= 0.3 is 11.9 Å². The number of ether oxygens (including phenoxy) is 6. The van der Waals surface area contributed by atoms with Gasteiger partial charge in [-0.25, -0.2) is 0 Å². The average Bonchev–Trinajstić information content (AvgIpc) is 3.32. The number of hydrogen-bond donors (Lipinski definition) is 1. The molecule has 0 rings (SSSR count). The predicted octanol–water partition coefficient (Wildman–Crippen LogP) is 14.9. The van der Waals surface area contributed by atoms with E-state index in [-0.39, 0.29) is 43.3 Å². The molecule has 68 heavy (non-hydrogen) atoms. The molecule has 0 saturated carbocycles. The van der Waals surface area contributed by atoms with Crippen molar-refractivity contribution in [2.75, 3.05) is 52.7 Å². The highest BCUT2D eigenvalue weighted by atomic mass is 16.7. The minimum Gasteiger partial charge on any atom is -0.463 e. The normalized spacial score (nSPS) is 13.2. The predicted molar refractivity (Wildman–Crippen MR) is 284 cm³/mol. The summed E-state index contributed by atoms with van der Waals surface area (Å²) in [5.74, 6) is -0.356. The van der Waals surface area contributed by atoms with E-state index < -0.39 is 0 Å². The fourth-order valence-corrected chi connectivity index (χ4v) is 7.76. The van der Waals surface area contributed by atoms with Crippen LogP contribution >= 0.6 is 0 Å². The molecule has 0 aromatic carbocycles. The van der Waals surface area contributed by atoms with E-state index in [4.69, 9.17) is 28.4 Å². The molecule has 0 heterocycles. The topological polar surface area (TPSA) is 113 Å². The summed E-state index contributed by atoms with van der Waals surface area (Å²) < 4.78 is 35.9. The largest absolute Gasteiger partial charge is 0.463 e. The maximum Gasteiger partial charge on any atom is 0.306 e. The van der Waals surface area contributed by atoms with Gasteiger partial charge in [0.05, 0.1) is 31.7 Å². The number of rotatable bonds is 52. The summed E-state index contributed by atoms with van der Waals surface area (Å²) >= 11 is 0. The van der Waals surface area contributed by atoms with Crippen molar-refractivity contribution in [1.82, 2.24) is 4.90 Å².